The van der Waals surface area contributed by atoms with Crippen molar-refractivity contribution in [3.63, 3.8) is 0 Å². The molecule has 180 valence electrons. The number of hydrogen-bond donors (Lipinski definition) is 3. The van der Waals surface area contributed by atoms with E-state index >= 15 is 4.39 Å². The number of rotatable bonds is 7. The largest absolute Gasteiger partial charge is 0.441 e. The van der Waals surface area contributed by atoms with Crippen molar-refractivity contribution in [1.29, 1.82) is 0 Å². The predicted molar refractivity (Wildman–Crippen MR) is 113 cm³/mol. The Morgan fingerprint density at radius 1 is 1.41 bits per heavy atom. The lowest BCUT2D eigenvalue weighted by atomic mass is 9.50. The quantitative estimate of drug-likeness (QED) is 0.476. The van der Waals surface area contributed by atoms with Gasteiger partial charge in [-0.25, -0.2) is 23.5 Å². The van der Waals surface area contributed by atoms with Crippen molar-refractivity contribution >= 4 is 23.5 Å². The Kier molecular flexibility index (Phi) is 4.92. The number of alkyl carbamates (subject to hydrolysis) is 1. The molecule has 3 aromatic heterocycles. The molecule has 2 bridgehead atoms. The number of aromatic amines is 1. The topological polar surface area (TPSA) is 128 Å². The van der Waals surface area contributed by atoms with Gasteiger partial charge in [0.15, 0.2) is 29.6 Å². The summed E-state index contributed by atoms with van der Waals surface area (Å²) >= 11 is 0. The molecule has 3 aromatic rings. The Hall–Kier alpha value is -3.32. The fraction of sp³-hybridized carbons (Fsp3) is 0.524. The average molecular weight is 475 g/mol. The number of hydrogen-bond acceptors (Lipinski definition) is 8. The highest BCUT2D eigenvalue weighted by molar-refractivity contribution is 5.69. The number of carbonyl (C=O) groups is 1. The van der Waals surface area contributed by atoms with Crippen LogP contribution in [0.5, 0.6) is 0 Å². The first-order valence-corrected chi connectivity index (χ1v) is 11.0. The molecule has 4 fully saturated rings. The first kappa shape index (κ1) is 21.2. The van der Waals surface area contributed by atoms with Gasteiger partial charge in [0.25, 0.3) is 0 Å². The monoisotopic (exact) mass is 475 g/mol. The molecule has 4 heterocycles. The maximum atomic E-state index is 15.0. The minimum absolute atomic E-state index is 0.0614. The van der Waals surface area contributed by atoms with Crippen LogP contribution < -0.4 is 10.6 Å². The molecule has 1 amide bonds. The number of methoxy groups -OCH3 is 1. The predicted octanol–water partition coefficient (Wildman–Crippen LogP) is 2.54. The lowest BCUT2D eigenvalue weighted by molar-refractivity contribution is -0.0528. The lowest BCUT2D eigenvalue weighted by Gasteiger charge is -2.61. The molecule has 0 unspecified atom stereocenters. The van der Waals surface area contributed by atoms with Gasteiger partial charge >= 0.3 is 6.09 Å². The number of imidazole rings is 1. The summed E-state index contributed by atoms with van der Waals surface area (Å²) in [5.74, 6) is 0.706. The van der Waals surface area contributed by atoms with E-state index in [0.717, 1.165) is 25.5 Å². The van der Waals surface area contributed by atoms with Crippen molar-refractivity contribution in [2.24, 2.45) is 5.92 Å². The molecule has 1 saturated heterocycles. The number of aromatic nitrogens is 5. The number of anilines is 2. The maximum Gasteiger partial charge on any atom is 0.408 e. The minimum atomic E-state index is -1.56. The standard InChI is InChI=1S/C21H23F2N7O4/c1-32-8-11-7-30-18(25-11)12(22)6-24-19(30)26-15-2-13(28-29-15)17-16(23)14(9-33-17)34-20(31)27-21-3-10(4-21)5-21/h2,6-7,10,14,16-17H,3-5,8-9H2,1H3,(H,27,31)(H2,24,26,28,29)/t10?,14-,16-,17-,21?/m1/s1. The van der Waals surface area contributed by atoms with Crippen LogP contribution in [-0.2, 0) is 20.8 Å². The molecule has 13 heteroatoms. The molecule has 3 atom stereocenters. The molecular weight excluding hydrogens is 452 g/mol. The highest BCUT2D eigenvalue weighted by Crippen LogP contribution is 2.57. The van der Waals surface area contributed by atoms with E-state index < -0.39 is 30.3 Å². The van der Waals surface area contributed by atoms with Crippen LogP contribution in [0.1, 0.15) is 36.8 Å². The second kappa shape index (κ2) is 7.87. The molecule has 3 aliphatic carbocycles. The van der Waals surface area contributed by atoms with Crippen molar-refractivity contribution < 1.29 is 27.8 Å². The van der Waals surface area contributed by atoms with Crippen LogP contribution in [0.25, 0.3) is 5.65 Å². The normalized spacial score (nSPS) is 29.5. The third-order valence-electron chi connectivity index (χ3n) is 6.68. The van der Waals surface area contributed by atoms with Crippen LogP contribution in [0.2, 0.25) is 0 Å². The summed E-state index contributed by atoms with van der Waals surface area (Å²) in [5, 5.41) is 12.7. The number of alkyl halides is 1. The second-order valence-electron chi connectivity index (χ2n) is 9.15. The summed E-state index contributed by atoms with van der Waals surface area (Å²) in [5.41, 5.74) is 0.838. The molecule has 0 radical (unpaired) electrons. The first-order chi connectivity index (χ1) is 16.4. The number of ether oxygens (including phenoxy) is 3. The van der Waals surface area contributed by atoms with Crippen LogP contribution in [0.3, 0.4) is 0 Å². The second-order valence-corrected chi connectivity index (χ2v) is 9.15. The maximum absolute atomic E-state index is 15.0. The molecule has 11 nitrogen and oxygen atoms in total. The van der Waals surface area contributed by atoms with E-state index in [1.54, 1.807) is 12.3 Å². The number of amides is 1. The van der Waals surface area contributed by atoms with Crippen LogP contribution >= 0.6 is 0 Å². The van der Waals surface area contributed by atoms with Crippen molar-refractivity contribution in [3.05, 3.63) is 35.7 Å². The molecule has 0 spiro atoms. The molecule has 34 heavy (non-hydrogen) atoms. The van der Waals surface area contributed by atoms with Crippen molar-refractivity contribution in [2.45, 2.75) is 49.8 Å². The van der Waals surface area contributed by atoms with Crippen molar-refractivity contribution in [1.82, 2.24) is 29.9 Å². The zero-order valence-corrected chi connectivity index (χ0v) is 18.3. The summed E-state index contributed by atoms with van der Waals surface area (Å²) in [6.45, 7) is 0.154. The fourth-order valence-electron chi connectivity index (χ4n) is 4.92. The molecule has 4 aliphatic rings. The summed E-state index contributed by atoms with van der Waals surface area (Å²) in [4.78, 5) is 20.4. The van der Waals surface area contributed by atoms with Crippen molar-refractivity contribution in [2.75, 3.05) is 19.0 Å². The van der Waals surface area contributed by atoms with E-state index in [1.807, 2.05) is 0 Å². The third-order valence-corrected chi connectivity index (χ3v) is 6.68. The van der Waals surface area contributed by atoms with Crippen LogP contribution in [0.4, 0.5) is 25.3 Å². The number of fused-ring (bicyclic) bond motifs is 1. The van der Waals surface area contributed by atoms with Gasteiger partial charge in [-0.2, -0.15) is 5.10 Å². The number of carbonyl (C=O) groups excluding carboxylic acids is 1. The van der Waals surface area contributed by atoms with Gasteiger partial charge in [-0.3, -0.25) is 9.50 Å². The lowest BCUT2D eigenvalue weighted by Crippen LogP contribution is -2.68. The highest BCUT2D eigenvalue weighted by atomic mass is 19.1. The van der Waals surface area contributed by atoms with E-state index in [9.17, 15) is 9.18 Å². The fourth-order valence-corrected chi connectivity index (χ4v) is 4.92. The van der Waals surface area contributed by atoms with Crippen LogP contribution in [0.15, 0.2) is 18.5 Å². The summed E-state index contributed by atoms with van der Waals surface area (Å²) in [6, 6.07) is 1.56. The number of nitrogens with zero attached hydrogens (tertiary/aromatic N) is 4. The Balaban J connectivity index is 1.12. The SMILES string of the molecule is COCc1cn2c(Nc3cc([C@H]4OC[C@@H](OC(=O)NC56CC(C5)C6)[C@H]4F)[nH]n3)ncc(F)c2n1. The highest BCUT2D eigenvalue weighted by Gasteiger charge is 2.58. The van der Waals surface area contributed by atoms with Crippen LogP contribution in [-0.4, -0.2) is 62.2 Å². The van der Waals surface area contributed by atoms with E-state index in [0.29, 0.717) is 23.1 Å². The zero-order valence-electron chi connectivity index (χ0n) is 18.3. The Labute approximate surface area is 192 Å². The average Bonchev–Trinajstić information content (AvgIpc) is 3.47. The van der Waals surface area contributed by atoms with Gasteiger partial charge in [0.1, 0.15) is 6.10 Å². The molecule has 3 N–H and O–H groups in total. The Morgan fingerprint density at radius 3 is 2.97 bits per heavy atom. The van der Waals surface area contributed by atoms with Gasteiger partial charge < -0.3 is 24.8 Å². The minimum Gasteiger partial charge on any atom is -0.441 e. The number of H-pyrrole nitrogens is 1. The Morgan fingerprint density at radius 2 is 2.24 bits per heavy atom. The van der Waals surface area contributed by atoms with Gasteiger partial charge in [0.2, 0.25) is 5.95 Å². The zero-order chi connectivity index (χ0) is 23.4. The van der Waals surface area contributed by atoms with Gasteiger partial charge in [-0.1, -0.05) is 0 Å². The molecule has 0 aromatic carbocycles. The first-order valence-electron chi connectivity index (χ1n) is 11.0. The molecule has 7 rings (SSSR count). The summed E-state index contributed by atoms with van der Waals surface area (Å²) < 4.78 is 46.5. The number of halogens is 2. The van der Waals surface area contributed by atoms with E-state index in [-0.39, 0.29) is 30.3 Å². The summed E-state index contributed by atoms with van der Waals surface area (Å²) in [7, 11) is 1.52. The Bertz CT molecular complexity index is 1230. The third kappa shape index (κ3) is 3.55. The van der Waals surface area contributed by atoms with Gasteiger partial charge in [-0.05, 0) is 25.2 Å². The van der Waals surface area contributed by atoms with E-state index in [4.69, 9.17) is 14.2 Å². The van der Waals surface area contributed by atoms with Gasteiger partial charge in [0, 0.05) is 24.9 Å². The van der Waals surface area contributed by atoms with E-state index in [2.05, 4.69) is 30.8 Å². The van der Waals surface area contributed by atoms with Crippen molar-refractivity contribution in [3.8, 4) is 0 Å². The molecule has 3 saturated carbocycles. The van der Waals surface area contributed by atoms with E-state index in [1.165, 1.54) is 11.5 Å². The van der Waals surface area contributed by atoms with Gasteiger partial charge in [-0.15, -0.1) is 0 Å². The smallest absolute Gasteiger partial charge is 0.408 e. The molecule has 1 aliphatic heterocycles. The van der Waals surface area contributed by atoms with Gasteiger partial charge in [0.05, 0.1) is 30.8 Å². The number of nitrogens with one attached hydrogen (secondary N) is 3. The van der Waals surface area contributed by atoms with Crippen LogP contribution in [0, 0.1) is 11.7 Å². The summed E-state index contributed by atoms with van der Waals surface area (Å²) in [6.07, 6.45) is 1.40. The molecular formula is C21H23F2N7O4.